The fourth-order valence-corrected chi connectivity index (χ4v) is 5.25. The monoisotopic (exact) mass is 572 g/mol. The lowest BCUT2D eigenvalue weighted by atomic mass is 10.2. The van der Waals surface area contributed by atoms with Gasteiger partial charge in [-0.2, -0.15) is 8.42 Å². The summed E-state index contributed by atoms with van der Waals surface area (Å²) in [6.07, 6.45) is 1.55. The Hall–Kier alpha value is -3.80. The number of imide groups is 1. The van der Waals surface area contributed by atoms with E-state index in [2.05, 4.69) is 5.32 Å². The molecule has 0 radical (unpaired) electrons. The van der Waals surface area contributed by atoms with Crippen LogP contribution in [0.2, 0.25) is 5.02 Å². The van der Waals surface area contributed by atoms with Crippen LogP contribution in [0.3, 0.4) is 0 Å². The number of carbonyl (C=O) groups excluding carboxylic acids is 3. The van der Waals surface area contributed by atoms with E-state index in [0.717, 1.165) is 16.7 Å². The molecule has 0 bridgehead atoms. The average Bonchev–Trinajstić information content (AvgIpc) is 3.13. The van der Waals surface area contributed by atoms with Gasteiger partial charge in [-0.25, -0.2) is 0 Å². The lowest BCUT2D eigenvalue weighted by Crippen LogP contribution is -2.32. The Morgan fingerprint density at radius 1 is 0.974 bits per heavy atom. The molecule has 0 saturated carbocycles. The third kappa shape index (κ3) is 6.94. The fraction of sp³-hybridized carbons (Fsp3) is 0.115. The summed E-state index contributed by atoms with van der Waals surface area (Å²) in [4.78, 5) is 37.4. The van der Waals surface area contributed by atoms with E-state index in [4.69, 9.17) is 20.5 Å². The van der Waals surface area contributed by atoms with Gasteiger partial charge in [0.25, 0.3) is 11.1 Å². The van der Waals surface area contributed by atoms with E-state index in [1.54, 1.807) is 42.5 Å². The van der Waals surface area contributed by atoms with Crippen molar-refractivity contribution in [2.24, 2.45) is 0 Å². The molecule has 0 aliphatic carbocycles. The van der Waals surface area contributed by atoms with Gasteiger partial charge >= 0.3 is 10.1 Å². The Balaban J connectivity index is 1.36. The second-order valence-electron chi connectivity index (χ2n) is 7.95. The lowest BCUT2D eigenvalue weighted by molar-refractivity contribution is -0.123. The van der Waals surface area contributed by atoms with Crippen LogP contribution in [0.1, 0.15) is 12.5 Å². The maximum absolute atomic E-state index is 12.7. The van der Waals surface area contributed by atoms with Crippen molar-refractivity contribution in [2.75, 3.05) is 18.5 Å². The SMILES string of the molecule is CC(=O)Nc1ccc(S(=O)(=O)Oc2ccc(/C=C3\SC(=O)N(CCOc4ccc(Cl)cc4)C3=O)cc2)cc1. The number of halogens is 1. The summed E-state index contributed by atoms with van der Waals surface area (Å²) in [5.74, 6) is -0.0704. The first kappa shape index (κ1) is 27.2. The largest absolute Gasteiger partial charge is 0.492 e. The summed E-state index contributed by atoms with van der Waals surface area (Å²) in [7, 11) is -4.10. The van der Waals surface area contributed by atoms with Crippen LogP contribution in [0, 0.1) is 0 Å². The predicted octanol–water partition coefficient (Wildman–Crippen LogP) is 5.18. The van der Waals surface area contributed by atoms with Gasteiger partial charge in [-0.05, 0) is 84.1 Å². The quantitative estimate of drug-likeness (QED) is 0.275. The van der Waals surface area contributed by atoms with Crippen LogP contribution in [-0.2, 0) is 19.7 Å². The van der Waals surface area contributed by atoms with Crippen LogP contribution in [0.4, 0.5) is 10.5 Å². The number of ether oxygens (including phenoxy) is 1. The minimum Gasteiger partial charge on any atom is -0.492 e. The third-order valence-corrected chi connectivity index (χ3v) is 7.54. The van der Waals surface area contributed by atoms with Gasteiger partial charge in [0.05, 0.1) is 11.4 Å². The Kier molecular flexibility index (Phi) is 8.40. The van der Waals surface area contributed by atoms with E-state index < -0.39 is 21.3 Å². The number of anilines is 1. The number of nitrogens with one attached hydrogen (secondary N) is 1. The zero-order valence-corrected chi connectivity index (χ0v) is 22.3. The van der Waals surface area contributed by atoms with Crippen LogP contribution in [-0.4, -0.2) is 43.5 Å². The van der Waals surface area contributed by atoms with E-state index in [-0.39, 0.29) is 34.6 Å². The molecule has 4 rings (SSSR count). The maximum Gasteiger partial charge on any atom is 0.339 e. The van der Waals surface area contributed by atoms with E-state index in [9.17, 15) is 22.8 Å². The van der Waals surface area contributed by atoms with Crippen LogP contribution < -0.4 is 14.2 Å². The first-order valence-electron chi connectivity index (χ1n) is 11.2. The average molecular weight is 573 g/mol. The lowest BCUT2D eigenvalue weighted by Gasteiger charge is -2.13. The number of rotatable bonds is 9. The number of thioether (sulfide) groups is 1. The molecule has 1 fully saturated rings. The molecule has 1 saturated heterocycles. The van der Waals surface area contributed by atoms with Crippen LogP contribution in [0.15, 0.2) is 82.6 Å². The maximum atomic E-state index is 12.7. The summed E-state index contributed by atoms with van der Waals surface area (Å²) in [5, 5.41) is 2.72. The molecule has 1 aliphatic rings. The zero-order valence-electron chi connectivity index (χ0n) is 19.9. The normalized spacial score (nSPS) is 14.6. The van der Waals surface area contributed by atoms with E-state index >= 15 is 0 Å². The minimum absolute atomic E-state index is 0.0699. The Morgan fingerprint density at radius 3 is 2.24 bits per heavy atom. The smallest absolute Gasteiger partial charge is 0.339 e. The van der Waals surface area contributed by atoms with E-state index in [1.165, 1.54) is 43.3 Å². The highest BCUT2D eigenvalue weighted by Gasteiger charge is 2.34. The highest BCUT2D eigenvalue weighted by Crippen LogP contribution is 2.32. The van der Waals surface area contributed by atoms with Gasteiger partial charge in [0, 0.05) is 17.6 Å². The van der Waals surface area contributed by atoms with Crippen molar-refractivity contribution >= 4 is 62.3 Å². The van der Waals surface area contributed by atoms with E-state index in [1.807, 2.05) is 0 Å². The highest BCUT2D eigenvalue weighted by molar-refractivity contribution is 8.18. The molecule has 1 aliphatic heterocycles. The summed E-state index contributed by atoms with van der Waals surface area (Å²) in [6, 6.07) is 18.3. The summed E-state index contributed by atoms with van der Waals surface area (Å²) >= 11 is 6.66. The van der Waals surface area contributed by atoms with Crippen molar-refractivity contribution in [1.29, 1.82) is 0 Å². The van der Waals surface area contributed by atoms with Crippen molar-refractivity contribution in [2.45, 2.75) is 11.8 Å². The number of nitrogens with zero attached hydrogens (tertiary/aromatic N) is 1. The predicted molar refractivity (Wildman–Crippen MR) is 145 cm³/mol. The third-order valence-electron chi connectivity index (χ3n) is 5.12. The standard InChI is InChI=1S/C26H21ClN2O7S2/c1-17(30)28-20-6-12-23(13-7-20)38(33,34)36-22-8-2-18(3-9-22)16-24-25(31)29(26(32)37-24)14-15-35-21-10-4-19(27)5-11-21/h2-13,16H,14-15H2,1H3,(H,28,30)/b24-16-. The summed E-state index contributed by atoms with van der Waals surface area (Å²) in [6.45, 7) is 1.56. The molecule has 3 amide bonds. The van der Waals surface area contributed by atoms with Gasteiger partial charge in [0.1, 0.15) is 23.0 Å². The Bertz CT molecular complexity index is 1490. The van der Waals surface area contributed by atoms with Crippen LogP contribution in [0.5, 0.6) is 11.5 Å². The molecule has 12 heteroatoms. The van der Waals surface area contributed by atoms with Gasteiger partial charge in [-0.15, -0.1) is 0 Å². The highest BCUT2D eigenvalue weighted by atomic mass is 35.5. The fourth-order valence-electron chi connectivity index (χ4n) is 3.33. The van der Waals surface area contributed by atoms with Gasteiger partial charge in [-0.3, -0.25) is 19.3 Å². The number of benzene rings is 3. The molecule has 38 heavy (non-hydrogen) atoms. The molecule has 0 atom stereocenters. The molecule has 3 aromatic rings. The first-order chi connectivity index (χ1) is 18.1. The molecule has 1 N–H and O–H groups in total. The molecule has 0 aromatic heterocycles. The van der Waals surface area contributed by atoms with Crippen molar-refractivity contribution in [1.82, 2.24) is 4.90 Å². The molecule has 3 aromatic carbocycles. The van der Waals surface area contributed by atoms with Crippen LogP contribution in [0.25, 0.3) is 6.08 Å². The van der Waals surface area contributed by atoms with E-state index in [0.29, 0.717) is 22.0 Å². The van der Waals surface area contributed by atoms with Crippen LogP contribution >= 0.6 is 23.4 Å². The Labute approximate surface area is 228 Å². The van der Waals surface area contributed by atoms with Crippen molar-refractivity contribution in [3.05, 3.63) is 88.3 Å². The van der Waals surface area contributed by atoms with Gasteiger partial charge in [0.2, 0.25) is 5.91 Å². The zero-order chi connectivity index (χ0) is 27.3. The van der Waals surface area contributed by atoms with Crippen molar-refractivity contribution in [3.63, 3.8) is 0 Å². The molecule has 1 heterocycles. The second kappa shape index (κ2) is 11.7. The topological polar surface area (TPSA) is 119 Å². The summed E-state index contributed by atoms with van der Waals surface area (Å²) in [5.41, 5.74) is 1.04. The molecular weight excluding hydrogens is 552 g/mol. The molecule has 196 valence electrons. The number of hydrogen-bond donors (Lipinski definition) is 1. The Morgan fingerprint density at radius 2 is 1.61 bits per heavy atom. The molecular formula is C26H21ClN2O7S2. The molecule has 9 nitrogen and oxygen atoms in total. The second-order valence-corrected chi connectivity index (χ2v) is 10.9. The molecule has 0 spiro atoms. The summed E-state index contributed by atoms with van der Waals surface area (Å²) < 4.78 is 35.9. The number of carbonyl (C=O) groups is 3. The molecule has 0 unspecified atom stereocenters. The first-order valence-corrected chi connectivity index (χ1v) is 13.8. The number of hydrogen-bond acceptors (Lipinski definition) is 8. The van der Waals surface area contributed by atoms with Gasteiger partial charge in [-0.1, -0.05) is 23.7 Å². The van der Waals surface area contributed by atoms with Gasteiger partial charge in [0.15, 0.2) is 0 Å². The minimum atomic E-state index is -4.10. The van der Waals surface area contributed by atoms with Crippen molar-refractivity contribution in [3.8, 4) is 11.5 Å². The number of amides is 3. The van der Waals surface area contributed by atoms with Crippen molar-refractivity contribution < 1.29 is 31.7 Å². The van der Waals surface area contributed by atoms with Gasteiger partial charge < -0.3 is 14.2 Å².